The van der Waals surface area contributed by atoms with Gasteiger partial charge in [0.1, 0.15) is 0 Å². The van der Waals surface area contributed by atoms with Gasteiger partial charge in [-0.15, -0.1) is 0 Å². The van der Waals surface area contributed by atoms with Gasteiger partial charge in [0.25, 0.3) is 0 Å². The third-order valence-corrected chi connectivity index (χ3v) is 14.9. The van der Waals surface area contributed by atoms with Gasteiger partial charge in [-0.3, -0.25) is 9.59 Å². The number of amides is 1. The number of aliphatic hydroxyl groups excluding tert-OH is 2. The van der Waals surface area contributed by atoms with Crippen molar-refractivity contribution < 1.29 is 24.5 Å². The molecule has 0 fully saturated rings. The fourth-order valence-electron chi connectivity index (χ4n) is 10.1. The summed E-state index contributed by atoms with van der Waals surface area (Å²) in [6, 6.07) is -0.536. The molecule has 6 heteroatoms. The van der Waals surface area contributed by atoms with Crippen LogP contribution >= 0.6 is 0 Å². The summed E-state index contributed by atoms with van der Waals surface area (Å²) in [6.45, 7) is 4.96. The van der Waals surface area contributed by atoms with E-state index >= 15 is 0 Å². The summed E-state index contributed by atoms with van der Waals surface area (Å²) in [5, 5.41) is 23.1. The molecule has 0 heterocycles. The molecule has 0 aliphatic heterocycles. The molecule has 406 valence electrons. The molecule has 0 aromatic carbocycles. The summed E-state index contributed by atoms with van der Waals surface area (Å²) in [5.74, 6) is -0.0110. The molecule has 6 nitrogen and oxygen atoms in total. The summed E-state index contributed by atoms with van der Waals surface area (Å²) in [4.78, 5) is 24.5. The molecule has 2 atom stereocenters. The normalized spacial score (nSPS) is 12.5. The third-order valence-electron chi connectivity index (χ3n) is 14.9. The van der Waals surface area contributed by atoms with Gasteiger partial charge in [0.05, 0.1) is 25.4 Å². The lowest BCUT2D eigenvalue weighted by Crippen LogP contribution is -2.45. The molecule has 0 aliphatic carbocycles. The molecule has 0 aliphatic rings. The highest BCUT2D eigenvalue weighted by molar-refractivity contribution is 5.76. The van der Waals surface area contributed by atoms with Gasteiger partial charge in [-0.2, -0.15) is 0 Å². The van der Waals surface area contributed by atoms with Crippen molar-refractivity contribution >= 4 is 11.9 Å². The average Bonchev–Trinajstić information content (AvgIpc) is 3.34. The van der Waals surface area contributed by atoms with E-state index in [0.717, 1.165) is 38.5 Å². The molecular formula is C62H123NO5. The highest BCUT2D eigenvalue weighted by Gasteiger charge is 2.20. The van der Waals surface area contributed by atoms with E-state index < -0.39 is 12.1 Å². The number of hydrogen-bond acceptors (Lipinski definition) is 5. The highest BCUT2D eigenvalue weighted by Crippen LogP contribution is 2.19. The maximum atomic E-state index is 12.4. The van der Waals surface area contributed by atoms with Crippen LogP contribution in [0.1, 0.15) is 361 Å². The van der Waals surface area contributed by atoms with E-state index in [0.29, 0.717) is 25.9 Å². The molecule has 0 spiro atoms. The summed E-state index contributed by atoms with van der Waals surface area (Å²) in [6.07, 6.45) is 68.5. The van der Waals surface area contributed by atoms with Crippen molar-refractivity contribution in [2.45, 2.75) is 373 Å². The number of carbonyl (C=O) groups is 2. The van der Waals surface area contributed by atoms with Crippen LogP contribution in [0.5, 0.6) is 0 Å². The van der Waals surface area contributed by atoms with Crippen LogP contribution in [0.2, 0.25) is 0 Å². The second kappa shape index (κ2) is 58.4. The number of nitrogens with one attached hydrogen (secondary N) is 1. The molecule has 2 unspecified atom stereocenters. The van der Waals surface area contributed by atoms with Crippen LogP contribution in [-0.4, -0.2) is 47.4 Å². The minimum absolute atomic E-state index is 0.0217. The fraction of sp³-hybridized carbons (Fsp3) is 0.968. The smallest absolute Gasteiger partial charge is 0.305 e. The van der Waals surface area contributed by atoms with Crippen LogP contribution in [0.25, 0.3) is 0 Å². The van der Waals surface area contributed by atoms with Crippen LogP contribution in [0.15, 0.2) is 0 Å². The number of ether oxygens (including phenoxy) is 1. The lowest BCUT2D eigenvalue weighted by Gasteiger charge is -2.22. The number of carbonyl (C=O) groups excluding carboxylic acids is 2. The maximum Gasteiger partial charge on any atom is 0.305 e. The number of aliphatic hydroxyl groups is 2. The van der Waals surface area contributed by atoms with E-state index in [2.05, 4.69) is 19.2 Å². The standard InChI is InChI=1S/C62H123NO5/c1-3-5-7-9-11-13-14-15-29-33-36-40-44-48-52-56-62(67)68-57-53-49-45-41-37-34-31-28-26-24-22-20-18-16-17-19-21-23-25-27-30-32-35-39-43-47-51-55-61(66)63-59(58-64)60(65)54-50-46-42-38-12-10-8-6-4-2/h59-60,64-65H,3-58H2,1-2H3,(H,63,66). The Bertz CT molecular complexity index is 975. The minimum atomic E-state index is -0.658. The molecule has 0 radical (unpaired) electrons. The summed E-state index contributed by atoms with van der Waals surface area (Å²) < 4.78 is 5.49. The lowest BCUT2D eigenvalue weighted by molar-refractivity contribution is -0.143. The predicted molar refractivity (Wildman–Crippen MR) is 297 cm³/mol. The number of esters is 1. The molecule has 0 aromatic heterocycles. The van der Waals surface area contributed by atoms with Gasteiger partial charge in [-0.1, -0.05) is 322 Å². The SMILES string of the molecule is CCCCCCCCCCCCCCCCCC(=O)OCCCCCCCCCCCCCCCCCCCCCCCCCCCCCC(=O)NC(CO)C(O)CCCCCCCCCCC. The van der Waals surface area contributed by atoms with Crippen molar-refractivity contribution in [1.29, 1.82) is 0 Å². The predicted octanol–water partition coefficient (Wildman–Crippen LogP) is 19.5. The first kappa shape index (κ1) is 66.9. The summed E-state index contributed by atoms with van der Waals surface area (Å²) in [5.41, 5.74) is 0. The molecule has 0 aromatic rings. The average molecular weight is 963 g/mol. The Morgan fingerprint density at radius 1 is 0.353 bits per heavy atom. The topological polar surface area (TPSA) is 95.9 Å². The van der Waals surface area contributed by atoms with Crippen LogP contribution in [-0.2, 0) is 14.3 Å². The second-order valence-electron chi connectivity index (χ2n) is 21.8. The Hall–Kier alpha value is -1.14. The van der Waals surface area contributed by atoms with E-state index in [1.807, 2.05) is 0 Å². The van der Waals surface area contributed by atoms with Gasteiger partial charge in [0.2, 0.25) is 5.91 Å². The van der Waals surface area contributed by atoms with Gasteiger partial charge in [-0.25, -0.2) is 0 Å². The van der Waals surface area contributed by atoms with Crippen molar-refractivity contribution in [2.24, 2.45) is 0 Å². The van der Waals surface area contributed by atoms with Crippen LogP contribution < -0.4 is 5.32 Å². The van der Waals surface area contributed by atoms with Crippen molar-refractivity contribution in [3.63, 3.8) is 0 Å². The summed E-state index contributed by atoms with van der Waals surface area (Å²) in [7, 11) is 0. The van der Waals surface area contributed by atoms with Crippen LogP contribution in [0, 0.1) is 0 Å². The molecule has 1 amide bonds. The first-order valence-electron chi connectivity index (χ1n) is 31.3. The van der Waals surface area contributed by atoms with E-state index in [-0.39, 0.29) is 18.5 Å². The van der Waals surface area contributed by atoms with Gasteiger partial charge in [-0.05, 0) is 25.7 Å². The van der Waals surface area contributed by atoms with Gasteiger partial charge >= 0.3 is 5.97 Å². The summed E-state index contributed by atoms with van der Waals surface area (Å²) >= 11 is 0. The van der Waals surface area contributed by atoms with Crippen molar-refractivity contribution in [2.75, 3.05) is 13.2 Å². The Balaban J connectivity index is 3.29. The van der Waals surface area contributed by atoms with Crippen molar-refractivity contribution in [3.8, 4) is 0 Å². The van der Waals surface area contributed by atoms with E-state index in [4.69, 9.17) is 4.74 Å². The minimum Gasteiger partial charge on any atom is -0.466 e. The Morgan fingerprint density at radius 3 is 0.897 bits per heavy atom. The highest BCUT2D eigenvalue weighted by atomic mass is 16.5. The molecule has 3 N–H and O–H groups in total. The number of rotatable bonds is 59. The van der Waals surface area contributed by atoms with Crippen LogP contribution in [0.3, 0.4) is 0 Å². The van der Waals surface area contributed by atoms with Gasteiger partial charge in [0.15, 0.2) is 0 Å². The Labute approximate surface area is 426 Å². The monoisotopic (exact) mass is 962 g/mol. The molecule has 0 saturated heterocycles. The fourth-order valence-corrected chi connectivity index (χ4v) is 10.1. The number of unbranched alkanes of at least 4 members (excludes halogenated alkanes) is 48. The van der Waals surface area contributed by atoms with Crippen molar-refractivity contribution in [3.05, 3.63) is 0 Å². The van der Waals surface area contributed by atoms with E-state index in [1.165, 1.54) is 289 Å². The first-order chi connectivity index (χ1) is 33.5. The zero-order valence-corrected chi connectivity index (χ0v) is 46.4. The van der Waals surface area contributed by atoms with Gasteiger partial charge in [0, 0.05) is 12.8 Å². The Morgan fingerprint density at radius 2 is 0.603 bits per heavy atom. The third kappa shape index (κ3) is 54.2. The lowest BCUT2D eigenvalue weighted by atomic mass is 10.0. The maximum absolute atomic E-state index is 12.4. The zero-order chi connectivity index (χ0) is 49.3. The Kier molecular flexibility index (Phi) is 57.5. The van der Waals surface area contributed by atoms with E-state index in [1.54, 1.807) is 0 Å². The molecule has 68 heavy (non-hydrogen) atoms. The molecular weight excluding hydrogens is 839 g/mol. The van der Waals surface area contributed by atoms with E-state index in [9.17, 15) is 19.8 Å². The quantitative estimate of drug-likeness (QED) is 0.0417. The number of hydrogen-bond donors (Lipinski definition) is 3. The largest absolute Gasteiger partial charge is 0.466 e. The van der Waals surface area contributed by atoms with Crippen molar-refractivity contribution in [1.82, 2.24) is 5.32 Å². The van der Waals surface area contributed by atoms with Gasteiger partial charge < -0.3 is 20.3 Å². The first-order valence-corrected chi connectivity index (χ1v) is 31.3. The molecule has 0 rings (SSSR count). The van der Waals surface area contributed by atoms with Crippen LogP contribution in [0.4, 0.5) is 0 Å². The second-order valence-corrected chi connectivity index (χ2v) is 21.8. The molecule has 0 saturated carbocycles. The molecule has 0 bridgehead atoms. The zero-order valence-electron chi connectivity index (χ0n) is 46.4.